The molecule has 13 heteroatoms. The lowest BCUT2D eigenvalue weighted by Gasteiger charge is -2.35. The van der Waals surface area contributed by atoms with Crippen LogP contribution in [0.15, 0.2) is 29.2 Å². The Hall–Kier alpha value is -2.22. The SMILES string of the molecule is Cc1ccc(S(=O)(=O)O[C@@H]2CC[C@H](C(=O)N(C)C)C[C@@H]2NS(=O)(=O)NC(=O)OC(C)(C)C)cc1. The third kappa shape index (κ3) is 8.22. The molecule has 0 aliphatic heterocycles. The summed E-state index contributed by atoms with van der Waals surface area (Å²) in [5, 5.41) is 0. The van der Waals surface area contributed by atoms with E-state index in [0.29, 0.717) is 6.42 Å². The second-order valence-corrected chi connectivity index (χ2v) is 12.5. The Bertz CT molecular complexity index is 1090. The van der Waals surface area contributed by atoms with Gasteiger partial charge < -0.3 is 9.64 Å². The number of carbonyl (C=O) groups is 2. The van der Waals surface area contributed by atoms with Gasteiger partial charge in [-0.2, -0.15) is 21.6 Å². The largest absolute Gasteiger partial charge is 0.443 e. The van der Waals surface area contributed by atoms with E-state index in [1.165, 1.54) is 17.0 Å². The van der Waals surface area contributed by atoms with E-state index in [2.05, 4.69) is 4.72 Å². The summed E-state index contributed by atoms with van der Waals surface area (Å²) in [6.07, 6.45) is -1.88. The molecule has 0 radical (unpaired) electrons. The van der Waals surface area contributed by atoms with Crippen LogP contribution in [0.5, 0.6) is 0 Å². The molecule has 1 aliphatic rings. The molecule has 2 rings (SSSR count). The van der Waals surface area contributed by atoms with Crippen molar-refractivity contribution in [2.24, 2.45) is 5.92 Å². The Kier molecular flexibility index (Phi) is 8.72. The number of hydrogen-bond donors (Lipinski definition) is 2. The smallest absolute Gasteiger partial charge is 0.422 e. The molecule has 1 fully saturated rings. The summed E-state index contributed by atoms with van der Waals surface area (Å²) in [5.41, 5.74) is -0.0676. The van der Waals surface area contributed by atoms with Crippen LogP contribution in [0.3, 0.4) is 0 Å². The third-order valence-corrected chi connectivity index (χ3v) is 7.46. The summed E-state index contributed by atoms with van der Waals surface area (Å²) in [4.78, 5) is 25.8. The van der Waals surface area contributed by atoms with Crippen LogP contribution in [-0.2, 0) is 34.0 Å². The van der Waals surface area contributed by atoms with Crippen LogP contribution in [-0.4, -0.2) is 65.6 Å². The number of ether oxygens (including phenoxy) is 1. The van der Waals surface area contributed by atoms with Gasteiger partial charge in [0, 0.05) is 20.0 Å². The summed E-state index contributed by atoms with van der Waals surface area (Å²) in [6, 6.07) is 4.94. The van der Waals surface area contributed by atoms with Gasteiger partial charge in [0.1, 0.15) is 5.60 Å². The van der Waals surface area contributed by atoms with Gasteiger partial charge in [-0.15, -0.1) is 0 Å². The number of hydrogen-bond acceptors (Lipinski definition) is 8. The lowest BCUT2D eigenvalue weighted by molar-refractivity contribution is -0.134. The molecule has 0 aromatic heterocycles. The predicted molar refractivity (Wildman–Crippen MR) is 124 cm³/mol. The van der Waals surface area contributed by atoms with Crippen molar-refractivity contribution >= 4 is 32.3 Å². The van der Waals surface area contributed by atoms with E-state index in [1.54, 1.807) is 51.7 Å². The average molecular weight is 520 g/mol. The van der Waals surface area contributed by atoms with Gasteiger partial charge in [-0.3, -0.25) is 8.98 Å². The van der Waals surface area contributed by atoms with Gasteiger partial charge in [-0.25, -0.2) is 9.52 Å². The van der Waals surface area contributed by atoms with Crippen molar-refractivity contribution in [3.63, 3.8) is 0 Å². The topological polar surface area (TPSA) is 148 Å². The van der Waals surface area contributed by atoms with Crippen LogP contribution in [0.25, 0.3) is 0 Å². The predicted octanol–water partition coefficient (Wildman–Crippen LogP) is 1.68. The first-order valence-corrected chi connectivity index (χ1v) is 13.6. The molecule has 0 saturated heterocycles. The van der Waals surface area contributed by atoms with E-state index in [1.807, 2.05) is 6.92 Å². The maximum Gasteiger partial charge on any atom is 0.422 e. The van der Waals surface area contributed by atoms with Gasteiger partial charge in [0.2, 0.25) is 5.91 Å². The summed E-state index contributed by atoms with van der Waals surface area (Å²) in [6.45, 7) is 6.53. The van der Waals surface area contributed by atoms with Crippen LogP contribution in [0.1, 0.15) is 45.6 Å². The molecule has 0 bridgehead atoms. The van der Waals surface area contributed by atoms with Gasteiger partial charge in [0.25, 0.3) is 10.1 Å². The summed E-state index contributed by atoms with van der Waals surface area (Å²) in [7, 11) is -5.50. The molecule has 1 aromatic carbocycles. The average Bonchev–Trinajstić information content (AvgIpc) is 2.66. The number of benzene rings is 1. The first kappa shape index (κ1) is 28.0. The van der Waals surface area contributed by atoms with Crippen molar-refractivity contribution in [1.29, 1.82) is 0 Å². The maximum absolute atomic E-state index is 12.8. The van der Waals surface area contributed by atoms with Crippen LogP contribution >= 0.6 is 0 Å². The first-order chi connectivity index (χ1) is 15.5. The normalized spacial score (nSPS) is 21.5. The fraction of sp³-hybridized carbons (Fsp3) is 0.619. The van der Waals surface area contributed by atoms with Crippen molar-refractivity contribution in [2.45, 2.75) is 69.6 Å². The Morgan fingerprint density at radius 1 is 1.03 bits per heavy atom. The fourth-order valence-corrected chi connectivity index (χ4v) is 5.63. The number of rotatable bonds is 7. The molecule has 1 aromatic rings. The zero-order chi connectivity index (χ0) is 25.9. The van der Waals surface area contributed by atoms with Crippen molar-refractivity contribution in [1.82, 2.24) is 14.3 Å². The van der Waals surface area contributed by atoms with Gasteiger partial charge >= 0.3 is 16.3 Å². The molecular formula is C21H33N3O8S2. The molecule has 0 heterocycles. The van der Waals surface area contributed by atoms with E-state index in [4.69, 9.17) is 8.92 Å². The molecule has 34 heavy (non-hydrogen) atoms. The molecule has 1 aliphatic carbocycles. The first-order valence-electron chi connectivity index (χ1n) is 10.7. The molecule has 3 atom stereocenters. The molecule has 1 saturated carbocycles. The number of carbonyl (C=O) groups excluding carboxylic acids is 2. The quantitative estimate of drug-likeness (QED) is 0.517. The van der Waals surface area contributed by atoms with Gasteiger partial charge in [-0.1, -0.05) is 17.7 Å². The van der Waals surface area contributed by atoms with Crippen molar-refractivity contribution in [2.75, 3.05) is 14.1 Å². The highest BCUT2D eigenvalue weighted by atomic mass is 32.2. The molecule has 2 amide bonds. The van der Waals surface area contributed by atoms with E-state index < -0.39 is 50.1 Å². The minimum Gasteiger partial charge on any atom is -0.443 e. The number of nitrogens with zero attached hydrogens (tertiary/aromatic N) is 1. The molecule has 0 unspecified atom stereocenters. The summed E-state index contributed by atoms with van der Waals surface area (Å²) >= 11 is 0. The molecular weight excluding hydrogens is 486 g/mol. The van der Waals surface area contributed by atoms with E-state index in [0.717, 1.165) is 5.56 Å². The Balaban J connectivity index is 2.25. The Morgan fingerprint density at radius 3 is 2.15 bits per heavy atom. The second kappa shape index (κ2) is 10.6. The zero-order valence-electron chi connectivity index (χ0n) is 20.2. The molecule has 192 valence electrons. The highest BCUT2D eigenvalue weighted by Gasteiger charge is 2.40. The van der Waals surface area contributed by atoms with Crippen LogP contribution < -0.4 is 9.44 Å². The maximum atomic E-state index is 12.8. The van der Waals surface area contributed by atoms with E-state index >= 15 is 0 Å². The molecule has 0 spiro atoms. The fourth-order valence-electron chi connectivity index (χ4n) is 3.53. The lowest BCUT2D eigenvalue weighted by Crippen LogP contribution is -2.54. The zero-order valence-corrected chi connectivity index (χ0v) is 21.8. The number of nitrogens with one attached hydrogen (secondary N) is 2. The van der Waals surface area contributed by atoms with Crippen molar-refractivity contribution in [3.05, 3.63) is 29.8 Å². The number of amides is 2. The van der Waals surface area contributed by atoms with Gasteiger partial charge in [0.05, 0.1) is 17.0 Å². The Morgan fingerprint density at radius 2 is 1.62 bits per heavy atom. The van der Waals surface area contributed by atoms with Crippen LogP contribution in [0.2, 0.25) is 0 Å². The lowest BCUT2D eigenvalue weighted by atomic mass is 9.83. The standard InChI is InChI=1S/C21H33N3O8S2/c1-14-7-10-16(11-8-14)33(27,28)32-18-12-9-15(19(25)24(5)6)13-17(18)22-34(29,30)23-20(26)31-21(2,3)4/h7-8,10-11,15,17-18,22H,9,12-13H2,1-6H3,(H,23,26)/t15-,17-,18+/m0/s1. The molecule has 2 N–H and O–H groups in total. The third-order valence-electron chi connectivity index (χ3n) is 5.06. The minimum atomic E-state index is -4.46. The minimum absolute atomic E-state index is 0.0136. The van der Waals surface area contributed by atoms with Crippen molar-refractivity contribution < 1.29 is 35.3 Å². The van der Waals surface area contributed by atoms with Crippen molar-refractivity contribution in [3.8, 4) is 0 Å². The highest BCUT2D eigenvalue weighted by Crippen LogP contribution is 2.30. The second-order valence-electron chi connectivity index (χ2n) is 9.48. The number of aryl methyl sites for hydroxylation is 1. The van der Waals surface area contributed by atoms with Crippen LogP contribution in [0.4, 0.5) is 4.79 Å². The van der Waals surface area contributed by atoms with Gasteiger partial charge in [0.15, 0.2) is 0 Å². The van der Waals surface area contributed by atoms with E-state index in [9.17, 15) is 26.4 Å². The molecule has 11 nitrogen and oxygen atoms in total. The van der Waals surface area contributed by atoms with Crippen LogP contribution in [0, 0.1) is 12.8 Å². The highest BCUT2D eigenvalue weighted by molar-refractivity contribution is 7.88. The van der Waals surface area contributed by atoms with E-state index in [-0.39, 0.29) is 23.6 Å². The summed E-state index contributed by atoms with van der Waals surface area (Å²) in [5.74, 6) is -0.768. The monoisotopic (exact) mass is 519 g/mol. The van der Waals surface area contributed by atoms with Gasteiger partial charge in [-0.05, 0) is 59.1 Å². The summed E-state index contributed by atoms with van der Waals surface area (Å²) < 4.78 is 65.2. The Labute approximate surface area is 201 Å².